The highest BCUT2D eigenvalue weighted by Crippen LogP contribution is 2.49. The first kappa shape index (κ1) is 17.6. The number of hydrogen-bond donors (Lipinski definition) is 0. The van der Waals surface area contributed by atoms with E-state index in [-0.39, 0.29) is 11.3 Å². The summed E-state index contributed by atoms with van der Waals surface area (Å²) in [5, 5.41) is 0. The number of carbonyl (C=O) groups excluding carboxylic acids is 1. The Morgan fingerprint density at radius 1 is 0.964 bits per heavy atom. The zero-order chi connectivity index (χ0) is 19.0. The van der Waals surface area contributed by atoms with Gasteiger partial charge < -0.3 is 14.4 Å². The summed E-state index contributed by atoms with van der Waals surface area (Å²) in [6, 6.07) is 16.3. The molecule has 28 heavy (non-hydrogen) atoms. The van der Waals surface area contributed by atoms with Crippen LogP contribution in [0.2, 0.25) is 0 Å². The highest BCUT2D eigenvalue weighted by molar-refractivity contribution is 5.95. The van der Waals surface area contributed by atoms with E-state index in [4.69, 9.17) is 9.47 Å². The molecule has 146 valence electrons. The van der Waals surface area contributed by atoms with E-state index in [1.807, 2.05) is 23.1 Å². The molecule has 1 spiro atoms. The molecule has 4 heteroatoms. The topological polar surface area (TPSA) is 38.8 Å². The summed E-state index contributed by atoms with van der Waals surface area (Å²) in [7, 11) is 0. The van der Waals surface area contributed by atoms with Crippen molar-refractivity contribution in [1.82, 2.24) is 4.90 Å². The number of ether oxygens (including phenoxy) is 2. The van der Waals surface area contributed by atoms with Crippen molar-refractivity contribution >= 4 is 5.91 Å². The quantitative estimate of drug-likeness (QED) is 0.799. The zero-order valence-corrected chi connectivity index (χ0v) is 16.2. The molecule has 0 radical (unpaired) electrons. The predicted molar refractivity (Wildman–Crippen MR) is 108 cm³/mol. The van der Waals surface area contributed by atoms with E-state index < -0.39 is 0 Å². The molecule has 5 rings (SSSR count). The number of benzene rings is 2. The van der Waals surface area contributed by atoms with Gasteiger partial charge in [-0.3, -0.25) is 4.79 Å². The lowest BCUT2D eigenvalue weighted by Gasteiger charge is -2.32. The Kier molecular flexibility index (Phi) is 4.50. The van der Waals surface area contributed by atoms with E-state index in [0.717, 1.165) is 44.7 Å². The molecule has 2 fully saturated rings. The maximum Gasteiger partial charge on any atom is 0.253 e. The van der Waals surface area contributed by atoms with Crippen LogP contribution in [0.4, 0.5) is 0 Å². The fraction of sp³-hybridized carbons (Fsp3) is 0.458. The molecule has 0 atom stereocenters. The minimum absolute atomic E-state index is 0.106. The number of hydrogen-bond acceptors (Lipinski definition) is 3. The molecule has 2 aromatic rings. The molecule has 1 amide bonds. The van der Waals surface area contributed by atoms with Gasteiger partial charge in [-0.2, -0.15) is 0 Å². The molecule has 1 aliphatic carbocycles. The van der Waals surface area contributed by atoms with Crippen LogP contribution in [0.5, 0.6) is 11.5 Å². The van der Waals surface area contributed by atoms with Crippen molar-refractivity contribution in [3.63, 3.8) is 0 Å². The number of carbonyl (C=O) groups is 1. The van der Waals surface area contributed by atoms with Gasteiger partial charge in [0.2, 0.25) is 0 Å². The fourth-order valence-corrected chi connectivity index (χ4v) is 4.31. The van der Waals surface area contributed by atoms with Crippen molar-refractivity contribution in [2.24, 2.45) is 11.3 Å². The van der Waals surface area contributed by atoms with Crippen LogP contribution in [0.1, 0.15) is 41.6 Å². The molecule has 2 aliphatic heterocycles. The third-order valence-electron chi connectivity index (χ3n) is 6.48. The van der Waals surface area contributed by atoms with Gasteiger partial charge in [0.05, 0.1) is 13.2 Å². The summed E-state index contributed by atoms with van der Waals surface area (Å²) in [5.74, 6) is 2.25. The standard InChI is InChI=1S/C24H27NO3/c26-23(25-12-8-19(9-13-25)14-18-4-2-1-3-5-18)20-6-7-21-22(15-20)28-17-24(10-11-24)16-27-21/h1-7,15,19H,8-14,16-17H2. The number of nitrogens with zero attached hydrogens (tertiary/aromatic N) is 1. The lowest BCUT2D eigenvalue weighted by atomic mass is 9.90. The molecular weight excluding hydrogens is 350 g/mol. The summed E-state index contributed by atoms with van der Waals surface area (Å²) in [4.78, 5) is 15.0. The highest BCUT2D eigenvalue weighted by atomic mass is 16.5. The van der Waals surface area contributed by atoms with Gasteiger partial charge in [0.1, 0.15) is 0 Å². The first-order chi connectivity index (χ1) is 13.7. The van der Waals surface area contributed by atoms with Crippen molar-refractivity contribution < 1.29 is 14.3 Å². The molecule has 0 aromatic heterocycles. The van der Waals surface area contributed by atoms with E-state index in [1.54, 1.807) is 0 Å². The number of fused-ring (bicyclic) bond motifs is 1. The summed E-state index contributed by atoms with van der Waals surface area (Å²) in [6.07, 6.45) is 5.57. The molecule has 2 heterocycles. The fourth-order valence-electron chi connectivity index (χ4n) is 4.31. The van der Waals surface area contributed by atoms with Crippen LogP contribution in [0, 0.1) is 11.3 Å². The van der Waals surface area contributed by atoms with Crippen LogP contribution in [-0.4, -0.2) is 37.1 Å². The summed E-state index contributed by atoms with van der Waals surface area (Å²) in [6.45, 7) is 3.08. The van der Waals surface area contributed by atoms with Gasteiger partial charge in [-0.1, -0.05) is 30.3 Å². The molecule has 1 saturated heterocycles. The number of likely N-dealkylation sites (tertiary alicyclic amines) is 1. The van der Waals surface area contributed by atoms with E-state index in [1.165, 1.54) is 18.4 Å². The van der Waals surface area contributed by atoms with Crippen LogP contribution in [0.25, 0.3) is 0 Å². The Hall–Kier alpha value is -2.49. The van der Waals surface area contributed by atoms with Gasteiger partial charge >= 0.3 is 0 Å². The van der Waals surface area contributed by atoms with Gasteiger partial charge in [0.25, 0.3) is 5.91 Å². The van der Waals surface area contributed by atoms with E-state index in [9.17, 15) is 4.79 Å². The molecule has 0 bridgehead atoms. The second-order valence-corrected chi connectivity index (χ2v) is 8.66. The molecule has 2 aromatic carbocycles. The Bertz CT molecular complexity index is 851. The zero-order valence-electron chi connectivity index (χ0n) is 16.2. The number of rotatable bonds is 3. The van der Waals surface area contributed by atoms with Gasteiger partial charge in [0.15, 0.2) is 11.5 Å². The third kappa shape index (κ3) is 3.60. The van der Waals surface area contributed by atoms with E-state index >= 15 is 0 Å². The van der Waals surface area contributed by atoms with Gasteiger partial charge in [-0.15, -0.1) is 0 Å². The Morgan fingerprint density at radius 3 is 2.39 bits per heavy atom. The lowest BCUT2D eigenvalue weighted by molar-refractivity contribution is 0.0690. The average molecular weight is 377 g/mol. The summed E-state index contributed by atoms with van der Waals surface area (Å²) in [5.41, 5.74) is 2.31. The maximum absolute atomic E-state index is 13.0. The first-order valence-corrected chi connectivity index (χ1v) is 10.4. The van der Waals surface area contributed by atoms with Crippen molar-refractivity contribution in [3.8, 4) is 11.5 Å². The number of amides is 1. The second-order valence-electron chi connectivity index (χ2n) is 8.66. The number of piperidine rings is 1. The molecule has 1 saturated carbocycles. The maximum atomic E-state index is 13.0. The normalized spacial score (nSPS) is 20.6. The minimum atomic E-state index is 0.106. The van der Waals surface area contributed by atoms with Gasteiger partial charge in [-0.05, 0) is 61.8 Å². The van der Waals surface area contributed by atoms with Crippen LogP contribution in [0.15, 0.2) is 48.5 Å². The summed E-state index contributed by atoms with van der Waals surface area (Å²) < 4.78 is 11.9. The van der Waals surface area contributed by atoms with Crippen molar-refractivity contribution in [1.29, 1.82) is 0 Å². The van der Waals surface area contributed by atoms with Crippen molar-refractivity contribution in [3.05, 3.63) is 59.7 Å². The minimum Gasteiger partial charge on any atom is -0.489 e. The highest BCUT2D eigenvalue weighted by Gasteiger charge is 2.46. The first-order valence-electron chi connectivity index (χ1n) is 10.4. The Balaban J connectivity index is 1.21. The lowest BCUT2D eigenvalue weighted by Crippen LogP contribution is -2.38. The molecule has 0 unspecified atom stereocenters. The third-order valence-corrected chi connectivity index (χ3v) is 6.48. The van der Waals surface area contributed by atoms with Gasteiger partial charge in [0, 0.05) is 24.1 Å². The predicted octanol–water partition coefficient (Wildman–Crippen LogP) is 4.33. The van der Waals surface area contributed by atoms with Crippen molar-refractivity contribution in [2.75, 3.05) is 26.3 Å². The van der Waals surface area contributed by atoms with Crippen LogP contribution < -0.4 is 9.47 Å². The van der Waals surface area contributed by atoms with Crippen molar-refractivity contribution in [2.45, 2.75) is 32.1 Å². The molecule has 4 nitrogen and oxygen atoms in total. The Morgan fingerprint density at radius 2 is 1.68 bits per heavy atom. The molecular formula is C24H27NO3. The monoisotopic (exact) mass is 377 g/mol. The molecule has 0 N–H and O–H groups in total. The van der Waals surface area contributed by atoms with E-state index in [2.05, 4.69) is 30.3 Å². The largest absolute Gasteiger partial charge is 0.489 e. The van der Waals surface area contributed by atoms with E-state index in [0.29, 0.717) is 23.8 Å². The smallest absolute Gasteiger partial charge is 0.253 e. The van der Waals surface area contributed by atoms with Crippen LogP contribution in [0.3, 0.4) is 0 Å². The van der Waals surface area contributed by atoms with Crippen LogP contribution in [-0.2, 0) is 6.42 Å². The van der Waals surface area contributed by atoms with Crippen LogP contribution >= 0.6 is 0 Å². The molecule has 3 aliphatic rings. The van der Waals surface area contributed by atoms with Gasteiger partial charge in [-0.25, -0.2) is 0 Å². The summed E-state index contributed by atoms with van der Waals surface area (Å²) >= 11 is 0. The average Bonchev–Trinajstić information content (AvgIpc) is 3.54. The second kappa shape index (κ2) is 7.16. The SMILES string of the molecule is O=C(c1ccc2c(c1)OCC1(CC1)CO2)N1CCC(Cc2ccccc2)CC1. The Labute approximate surface area is 166 Å².